The minimum absolute atomic E-state index is 0.136. The summed E-state index contributed by atoms with van der Waals surface area (Å²) < 4.78 is 22.7. The molecule has 3 atom stereocenters. The molecule has 1 aliphatic heterocycles. The SMILES string of the molecule is COc1ccc(CO[C@H]2[C@H](OCc3ccccc3)C=CO[C@@H]2CO)cc1. The maximum absolute atomic E-state index is 9.62. The van der Waals surface area contributed by atoms with Gasteiger partial charge in [-0.3, -0.25) is 0 Å². The summed E-state index contributed by atoms with van der Waals surface area (Å²) in [5.41, 5.74) is 2.10. The summed E-state index contributed by atoms with van der Waals surface area (Å²) in [4.78, 5) is 0. The first-order valence-electron chi connectivity index (χ1n) is 8.63. The van der Waals surface area contributed by atoms with E-state index in [9.17, 15) is 5.11 Å². The zero-order valence-corrected chi connectivity index (χ0v) is 14.8. The van der Waals surface area contributed by atoms with Crippen LogP contribution in [-0.2, 0) is 27.4 Å². The minimum atomic E-state index is -0.459. The highest BCUT2D eigenvalue weighted by Gasteiger charge is 2.33. The first-order chi connectivity index (χ1) is 12.8. The van der Waals surface area contributed by atoms with Gasteiger partial charge in [-0.1, -0.05) is 42.5 Å². The van der Waals surface area contributed by atoms with Gasteiger partial charge in [-0.15, -0.1) is 0 Å². The predicted molar refractivity (Wildman–Crippen MR) is 97.7 cm³/mol. The van der Waals surface area contributed by atoms with E-state index in [1.807, 2.05) is 60.7 Å². The molecule has 5 nitrogen and oxygen atoms in total. The number of methoxy groups -OCH3 is 1. The lowest BCUT2D eigenvalue weighted by molar-refractivity contribution is -0.140. The molecule has 0 amide bonds. The van der Waals surface area contributed by atoms with Crippen LogP contribution in [0, 0.1) is 0 Å². The van der Waals surface area contributed by atoms with E-state index in [1.165, 1.54) is 0 Å². The molecular weight excluding hydrogens is 332 g/mol. The Morgan fingerprint density at radius 1 is 0.923 bits per heavy atom. The number of hydrogen-bond acceptors (Lipinski definition) is 5. The van der Waals surface area contributed by atoms with Gasteiger partial charge < -0.3 is 24.1 Å². The highest BCUT2D eigenvalue weighted by Crippen LogP contribution is 2.22. The van der Waals surface area contributed by atoms with Gasteiger partial charge in [-0.2, -0.15) is 0 Å². The molecule has 26 heavy (non-hydrogen) atoms. The van der Waals surface area contributed by atoms with E-state index < -0.39 is 12.2 Å². The van der Waals surface area contributed by atoms with Crippen LogP contribution in [0.3, 0.4) is 0 Å². The van der Waals surface area contributed by atoms with Crippen LogP contribution >= 0.6 is 0 Å². The topological polar surface area (TPSA) is 57.2 Å². The normalized spacial score (nSPS) is 22.0. The van der Waals surface area contributed by atoms with E-state index >= 15 is 0 Å². The van der Waals surface area contributed by atoms with E-state index in [0.29, 0.717) is 13.2 Å². The Labute approximate surface area is 153 Å². The number of hydrogen-bond donors (Lipinski definition) is 1. The van der Waals surface area contributed by atoms with Crippen molar-refractivity contribution >= 4 is 0 Å². The van der Waals surface area contributed by atoms with Crippen molar-refractivity contribution in [3.63, 3.8) is 0 Å². The summed E-state index contributed by atoms with van der Waals surface area (Å²) in [6, 6.07) is 17.6. The summed E-state index contributed by atoms with van der Waals surface area (Å²) >= 11 is 0. The van der Waals surface area contributed by atoms with Crippen molar-refractivity contribution in [2.75, 3.05) is 13.7 Å². The molecule has 138 valence electrons. The van der Waals surface area contributed by atoms with Crippen molar-refractivity contribution in [1.29, 1.82) is 0 Å². The van der Waals surface area contributed by atoms with Gasteiger partial charge in [0.2, 0.25) is 0 Å². The van der Waals surface area contributed by atoms with Crippen molar-refractivity contribution in [2.45, 2.75) is 31.5 Å². The molecule has 0 fully saturated rings. The van der Waals surface area contributed by atoms with E-state index in [0.717, 1.165) is 16.9 Å². The highest BCUT2D eigenvalue weighted by atomic mass is 16.6. The first-order valence-corrected chi connectivity index (χ1v) is 8.63. The summed E-state index contributed by atoms with van der Waals surface area (Å²) in [5, 5.41) is 9.62. The van der Waals surface area contributed by atoms with E-state index in [1.54, 1.807) is 13.4 Å². The molecule has 5 heteroatoms. The molecule has 0 spiro atoms. The van der Waals surface area contributed by atoms with Crippen molar-refractivity contribution in [2.24, 2.45) is 0 Å². The third kappa shape index (κ3) is 4.85. The Morgan fingerprint density at radius 2 is 1.62 bits per heavy atom. The fraction of sp³-hybridized carbons (Fsp3) is 0.333. The zero-order chi connectivity index (χ0) is 18.2. The number of aliphatic hydroxyl groups excluding tert-OH is 1. The molecule has 0 radical (unpaired) electrons. The fourth-order valence-electron chi connectivity index (χ4n) is 2.80. The Balaban J connectivity index is 1.62. The Morgan fingerprint density at radius 3 is 2.31 bits per heavy atom. The standard InChI is InChI=1S/C21H24O5/c1-23-18-9-7-17(8-10-18)15-26-21-19(11-12-24-20(21)13-22)25-14-16-5-3-2-4-6-16/h2-12,19-22H,13-15H2,1H3/t19-,20-,21+/m1/s1. The molecule has 0 saturated heterocycles. The quantitative estimate of drug-likeness (QED) is 0.788. The largest absolute Gasteiger partial charge is 0.497 e. The van der Waals surface area contributed by atoms with Crippen molar-refractivity contribution in [3.05, 3.63) is 78.1 Å². The maximum Gasteiger partial charge on any atom is 0.150 e. The Hall–Kier alpha value is -2.34. The summed E-state index contributed by atoms with van der Waals surface area (Å²) in [6.45, 7) is 0.729. The number of rotatable bonds is 8. The third-order valence-electron chi connectivity index (χ3n) is 4.28. The second-order valence-corrected chi connectivity index (χ2v) is 6.07. The number of aliphatic hydroxyl groups is 1. The molecule has 1 aliphatic rings. The van der Waals surface area contributed by atoms with Gasteiger partial charge in [0.1, 0.15) is 24.1 Å². The van der Waals surface area contributed by atoms with Gasteiger partial charge in [0, 0.05) is 0 Å². The summed E-state index contributed by atoms with van der Waals surface area (Å²) in [7, 11) is 1.64. The van der Waals surface area contributed by atoms with Crippen LogP contribution in [0.5, 0.6) is 5.75 Å². The average Bonchev–Trinajstić information content (AvgIpc) is 2.72. The van der Waals surface area contributed by atoms with Crippen LogP contribution in [0.4, 0.5) is 0 Å². The van der Waals surface area contributed by atoms with E-state index in [4.69, 9.17) is 18.9 Å². The molecule has 0 saturated carbocycles. The van der Waals surface area contributed by atoms with Gasteiger partial charge in [0.15, 0.2) is 0 Å². The van der Waals surface area contributed by atoms with Crippen LogP contribution in [-0.4, -0.2) is 37.1 Å². The van der Waals surface area contributed by atoms with Gasteiger partial charge in [0.25, 0.3) is 0 Å². The molecule has 1 heterocycles. The summed E-state index contributed by atoms with van der Waals surface area (Å²) in [5.74, 6) is 0.801. The average molecular weight is 356 g/mol. The maximum atomic E-state index is 9.62. The van der Waals surface area contributed by atoms with Gasteiger partial charge in [-0.05, 0) is 29.3 Å². The van der Waals surface area contributed by atoms with Crippen LogP contribution in [0.2, 0.25) is 0 Å². The zero-order valence-electron chi connectivity index (χ0n) is 14.8. The van der Waals surface area contributed by atoms with Crippen molar-refractivity contribution < 1.29 is 24.1 Å². The second-order valence-electron chi connectivity index (χ2n) is 6.07. The molecule has 2 aromatic carbocycles. The van der Waals surface area contributed by atoms with Crippen molar-refractivity contribution in [3.8, 4) is 5.75 Å². The summed E-state index contributed by atoms with van der Waals surface area (Å²) in [6.07, 6.45) is 2.26. The lowest BCUT2D eigenvalue weighted by Gasteiger charge is -2.33. The van der Waals surface area contributed by atoms with Crippen LogP contribution in [0.15, 0.2) is 66.9 Å². The first kappa shape index (κ1) is 18.5. The molecule has 0 unspecified atom stereocenters. The smallest absolute Gasteiger partial charge is 0.150 e. The highest BCUT2D eigenvalue weighted by molar-refractivity contribution is 5.26. The molecule has 3 rings (SSSR count). The van der Waals surface area contributed by atoms with Gasteiger partial charge >= 0.3 is 0 Å². The molecular formula is C21H24O5. The van der Waals surface area contributed by atoms with Crippen molar-refractivity contribution in [1.82, 2.24) is 0 Å². The molecule has 0 aliphatic carbocycles. The van der Waals surface area contributed by atoms with E-state index in [-0.39, 0.29) is 12.7 Å². The van der Waals surface area contributed by atoms with Crippen LogP contribution in [0.25, 0.3) is 0 Å². The molecule has 0 aromatic heterocycles. The molecule has 1 N–H and O–H groups in total. The monoisotopic (exact) mass is 356 g/mol. The van der Waals surface area contributed by atoms with E-state index in [2.05, 4.69) is 0 Å². The van der Waals surface area contributed by atoms with Crippen LogP contribution in [0.1, 0.15) is 11.1 Å². The molecule has 2 aromatic rings. The lowest BCUT2D eigenvalue weighted by atomic mass is 10.1. The Kier molecular flexibility index (Phi) is 6.66. The Bertz CT molecular complexity index is 683. The molecule has 0 bridgehead atoms. The second kappa shape index (κ2) is 9.38. The third-order valence-corrected chi connectivity index (χ3v) is 4.28. The lowest BCUT2D eigenvalue weighted by Crippen LogP contribution is -2.45. The predicted octanol–water partition coefficient (Wildman–Crippen LogP) is 3.07. The van der Waals surface area contributed by atoms with Gasteiger partial charge in [0.05, 0.1) is 33.2 Å². The van der Waals surface area contributed by atoms with Gasteiger partial charge in [-0.25, -0.2) is 0 Å². The minimum Gasteiger partial charge on any atom is -0.497 e. The number of benzene rings is 2. The van der Waals surface area contributed by atoms with Crippen LogP contribution < -0.4 is 4.74 Å². The fourth-order valence-corrected chi connectivity index (χ4v) is 2.80. The number of ether oxygens (including phenoxy) is 4.